The smallest absolute Gasteiger partial charge is 0.242 e. The SMILES string of the molecule is CC.CCOc1ccc(CC(F)F)cn1.CNC. The molecule has 1 aromatic rings. The number of alkyl halides is 2. The topological polar surface area (TPSA) is 34.1 Å². The van der Waals surface area contributed by atoms with Crippen molar-refractivity contribution in [3.8, 4) is 5.88 Å². The van der Waals surface area contributed by atoms with Gasteiger partial charge in [0, 0.05) is 18.7 Å². The maximum Gasteiger partial charge on any atom is 0.242 e. The molecule has 0 bridgehead atoms. The van der Waals surface area contributed by atoms with Gasteiger partial charge in [-0.15, -0.1) is 0 Å². The third kappa shape index (κ3) is 11.3. The molecule has 1 rings (SSSR count). The van der Waals surface area contributed by atoms with Gasteiger partial charge in [-0.2, -0.15) is 0 Å². The van der Waals surface area contributed by atoms with Crippen LogP contribution in [0.25, 0.3) is 0 Å². The fraction of sp³-hybridized carbons (Fsp3) is 0.615. The molecule has 0 unspecified atom stereocenters. The van der Waals surface area contributed by atoms with Crippen molar-refractivity contribution in [2.45, 2.75) is 33.6 Å². The Morgan fingerprint density at radius 1 is 1.28 bits per heavy atom. The standard InChI is InChI=1S/C9H11F2NO.C2H7N.C2H6/c1-2-13-9-4-3-7(6-12-9)5-8(10)11;1-3-2;1-2/h3-4,6,8H,2,5H2,1H3;3H,1-2H3;1-2H3. The van der Waals surface area contributed by atoms with Crippen molar-refractivity contribution in [1.29, 1.82) is 0 Å². The highest BCUT2D eigenvalue weighted by Crippen LogP contribution is 2.10. The molecule has 0 spiro atoms. The number of nitrogens with zero attached hydrogens (tertiary/aromatic N) is 1. The summed E-state index contributed by atoms with van der Waals surface area (Å²) in [4.78, 5) is 3.87. The molecule has 106 valence electrons. The van der Waals surface area contributed by atoms with Crippen LogP contribution in [0.3, 0.4) is 0 Å². The number of hydrogen-bond donors (Lipinski definition) is 1. The predicted molar refractivity (Wildman–Crippen MR) is 71.4 cm³/mol. The van der Waals surface area contributed by atoms with Crippen LogP contribution in [0.1, 0.15) is 26.3 Å². The monoisotopic (exact) mass is 262 g/mol. The average molecular weight is 262 g/mol. The third-order valence-electron chi connectivity index (χ3n) is 1.48. The Labute approximate surface area is 109 Å². The summed E-state index contributed by atoms with van der Waals surface area (Å²) in [5.74, 6) is 0.473. The van der Waals surface area contributed by atoms with Crippen LogP contribution in [0.4, 0.5) is 8.78 Å². The van der Waals surface area contributed by atoms with Gasteiger partial charge in [0.15, 0.2) is 0 Å². The normalized spacial score (nSPS) is 8.89. The maximum absolute atomic E-state index is 11.9. The van der Waals surface area contributed by atoms with E-state index >= 15 is 0 Å². The lowest BCUT2D eigenvalue weighted by atomic mass is 10.2. The number of rotatable bonds is 4. The zero-order valence-electron chi connectivity index (χ0n) is 11.8. The Morgan fingerprint density at radius 2 is 1.83 bits per heavy atom. The highest BCUT2D eigenvalue weighted by molar-refractivity contribution is 5.18. The number of pyridine rings is 1. The van der Waals surface area contributed by atoms with Crippen molar-refractivity contribution in [3.63, 3.8) is 0 Å². The molecule has 0 amide bonds. The lowest BCUT2D eigenvalue weighted by molar-refractivity contribution is 0.149. The Morgan fingerprint density at radius 3 is 2.17 bits per heavy atom. The number of halogens is 2. The number of hydrogen-bond acceptors (Lipinski definition) is 3. The van der Waals surface area contributed by atoms with E-state index in [-0.39, 0.29) is 6.42 Å². The molecule has 0 radical (unpaired) electrons. The van der Waals surface area contributed by atoms with E-state index in [0.717, 1.165) is 0 Å². The molecular formula is C13H24F2N2O. The van der Waals surface area contributed by atoms with Crippen LogP contribution in [0.2, 0.25) is 0 Å². The molecule has 18 heavy (non-hydrogen) atoms. The Balaban J connectivity index is 0. The highest BCUT2D eigenvalue weighted by atomic mass is 19.3. The summed E-state index contributed by atoms with van der Waals surface area (Å²) in [6, 6.07) is 3.20. The van der Waals surface area contributed by atoms with Crippen molar-refractivity contribution >= 4 is 0 Å². The van der Waals surface area contributed by atoms with Gasteiger partial charge in [0.05, 0.1) is 6.61 Å². The number of aromatic nitrogens is 1. The van der Waals surface area contributed by atoms with E-state index in [0.29, 0.717) is 18.1 Å². The van der Waals surface area contributed by atoms with E-state index in [1.807, 2.05) is 34.9 Å². The van der Waals surface area contributed by atoms with Gasteiger partial charge in [0.1, 0.15) is 0 Å². The first-order valence-electron chi connectivity index (χ1n) is 6.08. The second kappa shape index (κ2) is 13.8. The van der Waals surface area contributed by atoms with Crippen LogP contribution in [-0.2, 0) is 6.42 Å². The van der Waals surface area contributed by atoms with Crippen molar-refractivity contribution in [2.24, 2.45) is 0 Å². The van der Waals surface area contributed by atoms with Gasteiger partial charge in [-0.05, 0) is 26.6 Å². The van der Waals surface area contributed by atoms with Crippen LogP contribution >= 0.6 is 0 Å². The van der Waals surface area contributed by atoms with Crippen LogP contribution < -0.4 is 10.1 Å². The summed E-state index contributed by atoms with van der Waals surface area (Å²) in [6.07, 6.45) is -1.16. The summed E-state index contributed by atoms with van der Waals surface area (Å²) >= 11 is 0. The van der Waals surface area contributed by atoms with E-state index in [9.17, 15) is 8.78 Å². The van der Waals surface area contributed by atoms with Gasteiger partial charge in [-0.25, -0.2) is 13.8 Å². The fourth-order valence-electron chi connectivity index (χ4n) is 0.943. The molecule has 0 saturated heterocycles. The first-order valence-corrected chi connectivity index (χ1v) is 6.08. The zero-order chi connectivity index (χ0) is 14.4. The van der Waals surface area contributed by atoms with Gasteiger partial charge in [0.25, 0.3) is 0 Å². The molecule has 0 saturated carbocycles. The molecule has 1 aromatic heterocycles. The van der Waals surface area contributed by atoms with Gasteiger partial charge < -0.3 is 10.1 Å². The zero-order valence-corrected chi connectivity index (χ0v) is 11.8. The Bertz CT molecular complexity index is 266. The van der Waals surface area contributed by atoms with E-state index in [1.54, 1.807) is 12.1 Å². The Hall–Kier alpha value is -1.23. The molecule has 0 aliphatic heterocycles. The van der Waals surface area contributed by atoms with Gasteiger partial charge >= 0.3 is 0 Å². The van der Waals surface area contributed by atoms with Crippen LogP contribution in [-0.4, -0.2) is 32.1 Å². The molecule has 1 heterocycles. The lowest BCUT2D eigenvalue weighted by Gasteiger charge is -2.02. The fourth-order valence-corrected chi connectivity index (χ4v) is 0.943. The molecule has 5 heteroatoms. The number of nitrogens with one attached hydrogen (secondary N) is 1. The summed E-state index contributed by atoms with van der Waals surface area (Å²) in [6.45, 7) is 6.37. The van der Waals surface area contributed by atoms with Gasteiger partial charge in [0.2, 0.25) is 12.3 Å². The molecular weight excluding hydrogens is 238 g/mol. The third-order valence-corrected chi connectivity index (χ3v) is 1.48. The Kier molecular flexibility index (Phi) is 14.7. The molecule has 3 nitrogen and oxygen atoms in total. The van der Waals surface area contributed by atoms with E-state index in [4.69, 9.17) is 4.74 Å². The summed E-state index contributed by atoms with van der Waals surface area (Å²) in [5, 5.41) is 2.75. The quantitative estimate of drug-likeness (QED) is 0.905. The first-order chi connectivity index (χ1) is 8.63. The van der Waals surface area contributed by atoms with Crippen molar-refractivity contribution in [2.75, 3.05) is 20.7 Å². The van der Waals surface area contributed by atoms with Crippen LogP contribution in [0, 0.1) is 0 Å². The molecule has 0 aliphatic rings. The predicted octanol–water partition coefficient (Wildman–Crippen LogP) is 3.15. The molecule has 0 fully saturated rings. The minimum atomic E-state index is -2.32. The summed E-state index contributed by atoms with van der Waals surface area (Å²) < 4.78 is 28.9. The second-order valence-electron chi connectivity index (χ2n) is 3.03. The summed E-state index contributed by atoms with van der Waals surface area (Å²) in [7, 11) is 3.75. The van der Waals surface area contributed by atoms with E-state index in [1.165, 1.54) is 6.20 Å². The number of ether oxygens (including phenoxy) is 1. The molecule has 1 N–H and O–H groups in total. The van der Waals surface area contributed by atoms with Gasteiger partial charge in [-0.3, -0.25) is 0 Å². The lowest BCUT2D eigenvalue weighted by Crippen LogP contribution is -1.99. The van der Waals surface area contributed by atoms with Crippen molar-refractivity contribution in [1.82, 2.24) is 10.3 Å². The highest BCUT2D eigenvalue weighted by Gasteiger charge is 2.04. The molecule has 0 aromatic carbocycles. The van der Waals surface area contributed by atoms with Crippen LogP contribution in [0.15, 0.2) is 18.3 Å². The molecule has 0 aliphatic carbocycles. The molecule has 0 atom stereocenters. The average Bonchev–Trinajstić information content (AvgIpc) is 2.35. The van der Waals surface area contributed by atoms with Gasteiger partial charge in [-0.1, -0.05) is 19.9 Å². The largest absolute Gasteiger partial charge is 0.478 e. The van der Waals surface area contributed by atoms with E-state index < -0.39 is 6.43 Å². The van der Waals surface area contributed by atoms with Crippen molar-refractivity contribution < 1.29 is 13.5 Å². The summed E-state index contributed by atoms with van der Waals surface area (Å²) in [5.41, 5.74) is 0.526. The minimum absolute atomic E-state index is 0.251. The van der Waals surface area contributed by atoms with Crippen LogP contribution in [0.5, 0.6) is 5.88 Å². The maximum atomic E-state index is 11.9. The second-order valence-corrected chi connectivity index (χ2v) is 3.03. The van der Waals surface area contributed by atoms with E-state index in [2.05, 4.69) is 10.3 Å². The first kappa shape index (κ1) is 19.1. The van der Waals surface area contributed by atoms with Crippen molar-refractivity contribution in [3.05, 3.63) is 23.9 Å². The minimum Gasteiger partial charge on any atom is -0.478 e.